The van der Waals surface area contributed by atoms with Crippen molar-refractivity contribution in [1.82, 2.24) is 20.2 Å². The summed E-state index contributed by atoms with van der Waals surface area (Å²) in [7, 11) is 0. The van der Waals surface area contributed by atoms with E-state index in [1.807, 2.05) is 4.90 Å². The normalized spacial score (nSPS) is 17.5. The van der Waals surface area contributed by atoms with Crippen LogP contribution in [0.3, 0.4) is 0 Å². The van der Waals surface area contributed by atoms with Gasteiger partial charge in [-0.1, -0.05) is 0 Å². The van der Waals surface area contributed by atoms with Crippen molar-refractivity contribution in [2.45, 2.75) is 6.54 Å². The Morgan fingerprint density at radius 3 is 3.19 bits per heavy atom. The first-order valence-corrected chi connectivity index (χ1v) is 4.85. The van der Waals surface area contributed by atoms with Gasteiger partial charge in [0.05, 0.1) is 23.4 Å². The van der Waals surface area contributed by atoms with Gasteiger partial charge in [0.1, 0.15) is 0 Å². The molecule has 0 unspecified atom stereocenters. The molecule has 1 saturated heterocycles. The molecule has 7 heteroatoms. The SMILES string of the molecule is O=[N+]([O-])/C=C1/NCCN1Cc1cnccn1. The molecule has 2 rings (SSSR count). The maximum Gasteiger partial charge on any atom is 0.274 e. The lowest BCUT2D eigenvalue weighted by molar-refractivity contribution is -0.404. The summed E-state index contributed by atoms with van der Waals surface area (Å²) in [6.45, 7) is 1.97. The third kappa shape index (κ3) is 2.44. The van der Waals surface area contributed by atoms with Gasteiger partial charge < -0.3 is 10.2 Å². The van der Waals surface area contributed by atoms with Crippen LogP contribution >= 0.6 is 0 Å². The molecule has 0 aliphatic carbocycles. The lowest BCUT2D eigenvalue weighted by Crippen LogP contribution is -2.21. The van der Waals surface area contributed by atoms with E-state index in [2.05, 4.69) is 15.3 Å². The third-order valence-corrected chi connectivity index (χ3v) is 2.23. The number of aromatic nitrogens is 2. The van der Waals surface area contributed by atoms with Gasteiger partial charge in [-0.15, -0.1) is 0 Å². The van der Waals surface area contributed by atoms with Gasteiger partial charge in [-0.25, -0.2) is 0 Å². The summed E-state index contributed by atoms with van der Waals surface area (Å²) in [6.07, 6.45) is 5.83. The average molecular weight is 221 g/mol. The fraction of sp³-hybridized carbons (Fsp3) is 0.333. The van der Waals surface area contributed by atoms with Gasteiger partial charge >= 0.3 is 0 Å². The summed E-state index contributed by atoms with van der Waals surface area (Å²) in [6, 6.07) is 0. The van der Waals surface area contributed by atoms with Gasteiger partial charge in [-0.2, -0.15) is 0 Å². The van der Waals surface area contributed by atoms with Crippen LogP contribution in [0.25, 0.3) is 0 Å². The van der Waals surface area contributed by atoms with Crippen LogP contribution in [0.1, 0.15) is 5.69 Å². The molecule has 1 aromatic rings. The molecule has 84 valence electrons. The predicted molar refractivity (Wildman–Crippen MR) is 55.5 cm³/mol. The standard InChI is InChI=1S/C9H11N5O2/c15-14(16)7-9-12-3-4-13(9)6-8-5-10-1-2-11-8/h1-2,5,7,12H,3-4,6H2/b9-7-. The van der Waals surface area contributed by atoms with Crippen LogP contribution in [0.4, 0.5) is 0 Å². The lowest BCUT2D eigenvalue weighted by Gasteiger charge is -2.15. The number of hydrogen-bond donors (Lipinski definition) is 1. The highest BCUT2D eigenvalue weighted by Crippen LogP contribution is 2.10. The number of nitro groups is 1. The summed E-state index contributed by atoms with van der Waals surface area (Å²) in [5.41, 5.74) is 0.792. The van der Waals surface area contributed by atoms with Crippen LogP contribution in [0.15, 0.2) is 30.6 Å². The first-order valence-electron chi connectivity index (χ1n) is 4.85. The van der Waals surface area contributed by atoms with E-state index in [1.165, 1.54) is 0 Å². The predicted octanol–water partition coefficient (Wildman–Crippen LogP) is -0.0426. The Morgan fingerprint density at radius 2 is 2.50 bits per heavy atom. The van der Waals surface area contributed by atoms with E-state index in [1.54, 1.807) is 18.6 Å². The monoisotopic (exact) mass is 221 g/mol. The summed E-state index contributed by atoms with van der Waals surface area (Å²) < 4.78 is 0. The Balaban J connectivity index is 2.07. The molecule has 0 atom stereocenters. The summed E-state index contributed by atoms with van der Waals surface area (Å²) in [5.74, 6) is 0.524. The maximum absolute atomic E-state index is 10.4. The number of rotatable bonds is 3. The van der Waals surface area contributed by atoms with Crippen molar-refractivity contribution in [3.63, 3.8) is 0 Å². The second-order valence-electron chi connectivity index (χ2n) is 3.34. The number of nitrogens with one attached hydrogen (secondary N) is 1. The van der Waals surface area contributed by atoms with Crippen LogP contribution in [-0.2, 0) is 6.54 Å². The Hall–Kier alpha value is -2.18. The van der Waals surface area contributed by atoms with E-state index in [-0.39, 0.29) is 0 Å². The summed E-state index contributed by atoms with van der Waals surface area (Å²) in [4.78, 5) is 19.9. The van der Waals surface area contributed by atoms with Crippen LogP contribution < -0.4 is 5.32 Å². The highest BCUT2D eigenvalue weighted by molar-refractivity contribution is 5.04. The van der Waals surface area contributed by atoms with Crippen molar-refractivity contribution in [3.05, 3.63) is 46.4 Å². The Kier molecular flexibility index (Phi) is 2.95. The van der Waals surface area contributed by atoms with Crippen molar-refractivity contribution in [1.29, 1.82) is 0 Å². The lowest BCUT2D eigenvalue weighted by atomic mass is 10.4. The van der Waals surface area contributed by atoms with Gasteiger partial charge in [0.15, 0.2) is 5.82 Å². The molecule has 1 aliphatic heterocycles. The zero-order valence-electron chi connectivity index (χ0n) is 8.54. The molecule has 1 fully saturated rings. The third-order valence-electron chi connectivity index (χ3n) is 2.23. The second-order valence-corrected chi connectivity index (χ2v) is 3.34. The summed E-state index contributed by atoms with van der Waals surface area (Å²) in [5, 5.41) is 13.3. The van der Waals surface area contributed by atoms with Gasteiger partial charge in [0, 0.05) is 25.5 Å². The van der Waals surface area contributed by atoms with Crippen molar-refractivity contribution >= 4 is 0 Å². The van der Waals surface area contributed by atoms with Gasteiger partial charge in [-0.05, 0) is 0 Å². The fourth-order valence-corrected chi connectivity index (χ4v) is 1.55. The van der Waals surface area contributed by atoms with Crippen LogP contribution in [0.5, 0.6) is 0 Å². The minimum atomic E-state index is -0.461. The summed E-state index contributed by atoms with van der Waals surface area (Å²) >= 11 is 0. The van der Waals surface area contributed by atoms with Crippen LogP contribution in [0.2, 0.25) is 0 Å². The minimum absolute atomic E-state index is 0.461. The highest BCUT2D eigenvalue weighted by atomic mass is 16.6. The molecule has 1 aromatic heterocycles. The first kappa shape index (κ1) is 10.3. The second kappa shape index (κ2) is 4.56. The topological polar surface area (TPSA) is 84.2 Å². The number of hydrogen-bond acceptors (Lipinski definition) is 6. The Morgan fingerprint density at radius 1 is 1.62 bits per heavy atom. The minimum Gasteiger partial charge on any atom is -0.365 e. The van der Waals surface area contributed by atoms with Gasteiger partial charge in [-0.3, -0.25) is 20.1 Å². The maximum atomic E-state index is 10.4. The molecule has 0 spiro atoms. The molecule has 1 aliphatic rings. The zero-order valence-corrected chi connectivity index (χ0v) is 8.54. The molecule has 0 saturated carbocycles. The van der Waals surface area contributed by atoms with Crippen LogP contribution in [0, 0.1) is 10.1 Å². The van der Waals surface area contributed by atoms with Crippen molar-refractivity contribution in [2.24, 2.45) is 0 Å². The quantitative estimate of drug-likeness (QED) is 0.569. The molecular formula is C9H11N5O2. The van der Waals surface area contributed by atoms with E-state index in [4.69, 9.17) is 0 Å². The van der Waals surface area contributed by atoms with Crippen molar-refractivity contribution < 1.29 is 4.92 Å². The smallest absolute Gasteiger partial charge is 0.274 e. The number of nitrogens with zero attached hydrogens (tertiary/aromatic N) is 4. The van der Waals surface area contributed by atoms with E-state index >= 15 is 0 Å². The van der Waals surface area contributed by atoms with Crippen molar-refractivity contribution in [3.8, 4) is 0 Å². The highest BCUT2D eigenvalue weighted by Gasteiger charge is 2.19. The average Bonchev–Trinajstić information content (AvgIpc) is 2.66. The molecule has 0 bridgehead atoms. The Labute approximate surface area is 92.0 Å². The molecule has 16 heavy (non-hydrogen) atoms. The van der Waals surface area contributed by atoms with E-state index < -0.39 is 4.92 Å². The molecule has 0 aromatic carbocycles. The van der Waals surface area contributed by atoms with Crippen molar-refractivity contribution in [2.75, 3.05) is 13.1 Å². The molecule has 2 heterocycles. The van der Waals surface area contributed by atoms with E-state index in [0.717, 1.165) is 18.4 Å². The van der Waals surface area contributed by atoms with Gasteiger partial charge in [0.2, 0.25) is 0 Å². The molecular weight excluding hydrogens is 210 g/mol. The fourth-order valence-electron chi connectivity index (χ4n) is 1.55. The molecule has 0 radical (unpaired) electrons. The molecule has 1 N–H and O–H groups in total. The zero-order chi connectivity index (χ0) is 11.4. The van der Waals surface area contributed by atoms with E-state index in [0.29, 0.717) is 18.9 Å². The van der Waals surface area contributed by atoms with Gasteiger partial charge in [0.25, 0.3) is 6.20 Å². The largest absolute Gasteiger partial charge is 0.365 e. The Bertz CT molecular complexity index is 406. The van der Waals surface area contributed by atoms with E-state index in [9.17, 15) is 10.1 Å². The first-order chi connectivity index (χ1) is 7.75. The van der Waals surface area contributed by atoms with Crippen LogP contribution in [-0.4, -0.2) is 32.9 Å². The molecule has 0 amide bonds. The molecule has 7 nitrogen and oxygen atoms in total.